The summed E-state index contributed by atoms with van der Waals surface area (Å²) in [5.41, 5.74) is 2.01. The van der Waals surface area contributed by atoms with Crippen molar-refractivity contribution in [2.24, 2.45) is 0 Å². The van der Waals surface area contributed by atoms with Crippen LogP contribution in [0.3, 0.4) is 0 Å². The SMILES string of the molecule is CCC(CC)n1ccc(CC(O)Cc2cccnc2)n1. The van der Waals surface area contributed by atoms with Gasteiger partial charge in [-0.15, -0.1) is 0 Å². The molecule has 0 fully saturated rings. The zero-order valence-electron chi connectivity index (χ0n) is 12.2. The fraction of sp³-hybridized carbons (Fsp3) is 0.500. The number of hydrogen-bond donors (Lipinski definition) is 1. The highest BCUT2D eigenvalue weighted by atomic mass is 16.3. The molecule has 0 aliphatic heterocycles. The first-order valence-corrected chi connectivity index (χ1v) is 7.33. The van der Waals surface area contributed by atoms with Crippen LogP contribution in [0.25, 0.3) is 0 Å². The van der Waals surface area contributed by atoms with Crippen molar-refractivity contribution in [3.8, 4) is 0 Å². The Morgan fingerprint density at radius 3 is 2.65 bits per heavy atom. The first kappa shape index (κ1) is 14.7. The van der Waals surface area contributed by atoms with Gasteiger partial charge in [-0.1, -0.05) is 19.9 Å². The second kappa shape index (κ2) is 7.20. The lowest BCUT2D eigenvalue weighted by Crippen LogP contribution is -2.15. The molecule has 2 aromatic rings. The van der Waals surface area contributed by atoms with Crippen molar-refractivity contribution in [1.82, 2.24) is 14.8 Å². The molecule has 0 aliphatic rings. The Labute approximate surface area is 120 Å². The van der Waals surface area contributed by atoms with E-state index in [1.807, 2.05) is 29.1 Å². The molecule has 0 saturated heterocycles. The van der Waals surface area contributed by atoms with Gasteiger partial charge in [-0.3, -0.25) is 9.67 Å². The lowest BCUT2D eigenvalue weighted by molar-refractivity contribution is 0.173. The van der Waals surface area contributed by atoms with Gasteiger partial charge < -0.3 is 5.11 Å². The van der Waals surface area contributed by atoms with Gasteiger partial charge in [-0.25, -0.2) is 0 Å². The molecule has 0 amide bonds. The van der Waals surface area contributed by atoms with Gasteiger partial charge in [0.25, 0.3) is 0 Å². The van der Waals surface area contributed by atoms with E-state index in [0.29, 0.717) is 18.9 Å². The van der Waals surface area contributed by atoms with Gasteiger partial charge in [0, 0.05) is 31.4 Å². The molecule has 20 heavy (non-hydrogen) atoms. The van der Waals surface area contributed by atoms with Crippen LogP contribution in [-0.2, 0) is 12.8 Å². The van der Waals surface area contributed by atoms with Crippen LogP contribution in [-0.4, -0.2) is 26.0 Å². The van der Waals surface area contributed by atoms with E-state index in [9.17, 15) is 5.11 Å². The summed E-state index contributed by atoms with van der Waals surface area (Å²) < 4.78 is 2.02. The Balaban J connectivity index is 1.93. The summed E-state index contributed by atoms with van der Waals surface area (Å²) in [7, 11) is 0. The van der Waals surface area contributed by atoms with Crippen LogP contribution in [0.1, 0.15) is 44.0 Å². The molecule has 2 aromatic heterocycles. The predicted molar refractivity (Wildman–Crippen MR) is 79.5 cm³/mol. The van der Waals surface area contributed by atoms with Crippen LogP contribution in [0.15, 0.2) is 36.8 Å². The van der Waals surface area contributed by atoms with Gasteiger partial charge in [0.15, 0.2) is 0 Å². The summed E-state index contributed by atoms with van der Waals surface area (Å²) in [6.07, 6.45) is 8.51. The van der Waals surface area contributed by atoms with E-state index in [1.165, 1.54) is 0 Å². The Morgan fingerprint density at radius 1 is 1.20 bits per heavy atom. The number of nitrogens with zero attached hydrogens (tertiary/aromatic N) is 3. The number of pyridine rings is 1. The third kappa shape index (κ3) is 3.90. The predicted octanol–water partition coefficient (Wildman–Crippen LogP) is 2.79. The average Bonchev–Trinajstić information content (AvgIpc) is 2.89. The van der Waals surface area contributed by atoms with Crippen molar-refractivity contribution in [3.63, 3.8) is 0 Å². The van der Waals surface area contributed by atoms with E-state index in [1.54, 1.807) is 12.4 Å². The summed E-state index contributed by atoms with van der Waals surface area (Å²) in [5.74, 6) is 0. The first-order valence-electron chi connectivity index (χ1n) is 7.33. The van der Waals surface area contributed by atoms with Crippen molar-refractivity contribution >= 4 is 0 Å². The molecule has 0 saturated carbocycles. The molecule has 0 spiro atoms. The van der Waals surface area contributed by atoms with Crippen molar-refractivity contribution in [3.05, 3.63) is 48.0 Å². The lowest BCUT2D eigenvalue weighted by Gasteiger charge is -2.13. The minimum Gasteiger partial charge on any atom is -0.392 e. The topological polar surface area (TPSA) is 50.9 Å². The maximum Gasteiger partial charge on any atom is 0.0650 e. The van der Waals surface area contributed by atoms with Gasteiger partial charge in [-0.2, -0.15) is 5.10 Å². The molecular weight excluding hydrogens is 250 g/mol. The number of aromatic nitrogens is 3. The minimum absolute atomic E-state index is 0.413. The number of hydrogen-bond acceptors (Lipinski definition) is 3. The standard InChI is InChI=1S/C16H23N3O/c1-3-15(4-2)19-9-7-14(18-19)11-16(20)10-13-6-5-8-17-12-13/h5-9,12,15-16,20H,3-4,10-11H2,1-2H3. The van der Waals surface area contributed by atoms with Gasteiger partial charge in [0.1, 0.15) is 0 Å². The monoisotopic (exact) mass is 273 g/mol. The fourth-order valence-electron chi connectivity index (χ4n) is 2.46. The smallest absolute Gasteiger partial charge is 0.0650 e. The maximum absolute atomic E-state index is 10.1. The summed E-state index contributed by atoms with van der Waals surface area (Å²) in [4.78, 5) is 4.06. The second-order valence-corrected chi connectivity index (χ2v) is 5.18. The molecule has 2 heterocycles. The zero-order valence-corrected chi connectivity index (χ0v) is 12.2. The third-order valence-electron chi connectivity index (χ3n) is 3.62. The Kier molecular flexibility index (Phi) is 5.30. The molecular formula is C16H23N3O. The Morgan fingerprint density at radius 2 is 2.00 bits per heavy atom. The molecule has 1 atom stereocenters. The normalized spacial score (nSPS) is 12.8. The zero-order chi connectivity index (χ0) is 14.4. The lowest BCUT2D eigenvalue weighted by atomic mass is 10.1. The molecule has 1 unspecified atom stereocenters. The van der Waals surface area contributed by atoms with Crippen LogP contribution < -0.4 is 0 Å². The molecule has 0 bridgehead atoms. The Hall–Kier alpha value is -1.68. The molecule has 0 aromatic carbocycles. The van der Waals surface area contributed by atoms with E-state index in [2.05, 4.69) is 23.9 Å². The van der Waals surface area contributed by atoms with Gasteiger partial charge >= 0.3 is 0 Å². The van der Waals surface area contributed by atoms with Crippen LogP contribution >= 0.6 is 0 Å². The van der Waals surface area contributed by atoms with Gasteiger partial charge in [-0.05, 0) is 30.5 Å². The molecule has 4 heteroatoms. The van der Waals surface area contributed by atoms with Crippen molar-refractivity contribution < 1.29 is 5.11 Å². The van der Waals surface area contributed by atoms with E-state index >= 15 is 0 Å². The fourth-order valence-corrected chi connectivity index (χ4v) is 2.46. The van der Waals surface area contributed by atoms with Crippen molar-refractivity contribution in [2.45, 2.75) is 51.7 Å². The van der Waals surface area contributed by atoms with E-state index in [4.69, 9.17) is 0 Å². The summed E-state index contributed by atoms with van der Waals surface area (Å²) >= 11 is 0. The quantitative estimate of drug-likeness (QED) is 0.844. The highest BCUT2D eigenvalue weighted by Gasteiger charge is 2.12. The Bertz CT molecular complexity index is 505. The van der Waals surface area contributed by atoms with Crippen LogP contribution in [0.2, 0.25) is 0 Å². The molecule has 4 nitrogen and oxygen atoms in total. The summed E-state index contributed by atoms with van der Waals surface area (Å²) in [6.45, 7) is 4.35. The highest BCUT2D eigenvalue weighted by molar-refractivity contribution is 5.11. The minimum atomic E-state index is -0.413. The molecule has 1 N–H and O–H groups in total. The van der Waals surface area contributed by atoms with Crippen LogP contribution in [0.5, 0.6) is 0 Å². The number of aliphatic hydroxyl groups excluding tert-OH is 1. The van der Waals surface area contributed by atoms with Crippen molar-refractivity contribution in [1.29, 1.82) is 0 Å². The van der Waals surface area contributed by atoms with Gasteiger partial charge in [0.05, 0.1) is 17.8 Å². The molecule has 108 valence electrons. The van der Waals surface area contributed by atoms with E-state index in [0.717, 1.165) is 24.1 Å². The van der Waals surface area contributed by atoms with Crippen molar-refractivity contribution in [2.75, 3.05) is 0 Å². The first-order chi connectivity index (χ1) is 9.72. The summed E-state index contributed by atoms with van der Waals surface area (Å²) in [5, 5.41) is 14.7. The number of aliphatic hydroxyl groups is 1. The maximum atomic E-state index is 10.1. The van der Waals surface area contributed by atoms with Crippen LogP contribution in [0, 0.1) is 0 Å². The highest BCUT2D eigenvalue weighted by Crippen LogP contribution is 2.15. The van der Waals surface area contributed by atoms with Gasteiger partial charge in [0.2, 0.25) is 0 Å². The van der Waals surface area contributed by atoms with Crippen LogP contribution in [0.4, 0.5) is 0 Å². The third-order valence-corrected chi connectivity index (χ3v) is 3.62. The summed E-state index contributed by atoms with van der Waals surface area (Å²) in [6, 6.07) is 6.34. The molecule has 0 radical (unpaired) electrons. The van der Waals surface area contributed by atoms with E-state index < -0.39 is 6.10 Å². The average molecular weight is 273 g/mol. The number of rotatable bonds is 7. The molecule has 0 aliphatic carbocycles. The second-order valence-electron chi connectivity index (χ2n) is 5.18. The largest absolute Gasteiger partial charge is 0.392 e. The molecule has 2 rings (SSSR count). The van der Waals surface area contributed by atoms with E-state index in [-0.39, 0.29) is 0 Å².